The first-order valence-corrected chi connectivity index (χ1v) is 7.30. The molecular weight excluding hydrogens is 308 g/mol. The summed E-state index contributed by atoms with van der Waals surface area (Å²) in [6, 6.07) is 5.93. The molecule has 1 aromatic rings. The number of amides is 1. The Morgan fingerprint density at radius 2 is 2.26 bits per heavy atom. The van der Waals surface area contributed by atoms with Gasteiger partial charge in [0.15, 0.2) is 0 Å². The molecule has 2 N–H and O–H groups in total. The summed E-state index contributed by atoms with van der Waals surface area (Å²) in [5.74, 6) is -0.123. The maximum absolute atomic E-state index is 12.3. The summed E-state index contributed by atoms with van der Waals surface area (Å²) < 4.78 is 6.33. The third kappa shape index (κ3) is 3.35. The van der Waals surface area contributed by atoms with E-state index >= 15 is 0 Å². The first-order valence-electron chi connectivity index (χ1n) is 6.50. The van der Waals surface area contributed by atoms with Crippen LogP contribution in [0.3, 0.4) is 0 Å². The molecule has 19 heavy (non-hydrogen) atoms. The standard InChI is InChI=1S/C14H19BrN2O2/c1-3-16-12-8-19-7-10(12)14(18)17-11-6-4-5-9(2)13(11)15/h4-6,10,12,16H,3,7-8H2,1-2H3,(H,17,18). The molecule has 5 heteroatoms. The van der Waals surface area contributed by atoms with Crippen LogP contribution in [0.5, 0.6) is 0 Å². The quantitative estimate of drug-likeness (QED) is 0.892. The molecule has 1 amide bonds. The zero-order valence-corrected chi connectivity index (χ0v) is 12.8. The summed E-state index contributed by atoms with van der Waals surface area (Å²) in [5, 5.41) is 6.27. The third-order valence-electron chi connectivity index (χ3n) is 3.33. The number of anilines is 1. The van der Waals surface area contributed by atoms with Crippen molar-refractivity contribution in [3.8, 4) is 0 Å². The number of hydrogen-bond donors (Lipinski definition) is 2. The molecule has 2 rings (SSSR count). The molecule has 2 unspecified atom stereocenters. The number of likely N-dealkylation sites (N-methyl/N-ethyl adjacent to an activating group) is 1. The molecule has 0 spiro atoms. The summed E-state index contributed by atoms with van der Waals surface area (Å²) in [6.07, 6.45) is 0. The number of rotatable bonds is 4. The van der Waals surface area contributed by atoms with Gasteiger partial charge >= 0.3 is 0 Å². The number of aryl methyl sites for hydroxylation is 1. The monoisotopic (exact) mass is 326 g/mol. The van der Waals surface area contributed by atoms with E-state index in [0.717, 1.165) is 22.3 Å². The maximum Gasteiger partial charge on any atom is 0.231 e. The fraction of sp³-hybridized carbons (Fsp3) is 0.500. The van der Waals surface area contributed by atoms with Gasteiger partial charge in [-0.05, 0) is 41.0 Å². The molecule has 1 fully saturated rings. The van der Waals surface area contributed by atoms with E-state index in [4.69, 9.17) is 4.74 Å². The number of ether oxygens (including phenoxy) is 1. The topological polar surface area (TPSA) is 50.4 Å². The summed E-state index contributed by atoms with van der Waals surface area (Å²) in [7, 11) is 0. The highest BCUT2D eigenvalue weighted by Gasteiger charge is 2.33. The van der Waals surface area contributed by atoms with Crippen LogP contribution in [0.1, 0.15) is 12.5 Å². The van der Waals surface area contributed by atoms with E-state index in [1.54, 1.807) is 0 Å². The minimum Gasteiger partial charge on any atom is -0.379 e. The molecule has 0 aromatic heterocycles. The van der Waals surface area contributed by atoms with Crippen LogP contribution in [0.2, 0.25) is 0 Å². The van der Waals surface area contributed by atoms with Crippen molar-refractivity contribution in [2.24, 2.45) is 5.92 Å². The SMILES string of the molecule is CCNC1COCC1C(=O)Nc1cccc(C)c1Br. The third-order valence-corrected chi connectivity index (χ3v) is 4.39. The van der Waals surface area contributed by atoms with Gasteiger partial charge in [0.25, 0.3) is 0 Å². The number of nitrogens with one attached hydrogen (secondary N) is 2. The first-order chi connectivity index (χ1) is 9.13. The van der Waals surface area contributed by atoms with E-state index in [0.29, 0.717) is 13.2 Å². The minimum absolute atomic E-state index is 0.00903. The molecule has 4 nitrogen and oxygen atoms in total. The smallest absolute Gasteiger partial charge is 0.231 e. The fourth-order valence-corrected chi connectivity index (χ4v) is 2.61. The van der Waals surface area contributed by atoms with Crippen LogP contribution in [0.15, 0.2) is 22.7 Å². The minimum atomic E-state index is -0.132. The zero-order chi connectivity index (χ0) is 13.8. The van der Waals surface area contributed by atoms with Crippen LogP contribution in [0.4, 0.5) is 5.69 Å². The van der Waals surface area contributed by atoms with Gasteiger partial charge in [-0.2, -0.15) is 0 Å². The van der Waals surface area contributed by atoms with E-state index in [9.17, 15) is 4.79 Å². The first kappa shape index (κ1) is 14.5. The van der Waals surface area contributed by atoms with Crippen molar-refractivity contribution >= 4 is 27.5 Å². The van der Waals surface area contributed by atoms with Gasteiger partial charge in [0.2, 0.25) is 5.91 Å². The molecular formula is C14H19BrN2O2. The van der Waals surface area contributed by atoms with Gasteiger partial charge in [0, 0.05) is 10.5 Å². The second-order valence-electron chi connectivity index (χ2n) is 4.73. The number of halogens is 1. The number of benzene rings is 1. The van der Waals surface area contributed by atoms with E-state index in [2.05, 4.69) is 26.6 Å². The normalized spacial score (nSPS) is 22.5. The Labute approximate surface area is 122 Å². The van der Waals surface area contributed by atoms with Crippen molar-refractivity contribution in [2.75, 3.05) is 25.1 Å². The lowest BCUT2D eigenvalue weighted by atomic mass is 10.0. The highest BCUT2D eigenvalue weighted by molar-refractivity contribution is 9.10. The largest absolute Gasteiger partial charge is 0.379 e. The predicted molar refractivity (Wildman–Crippen MR) is 79.3 cm³/mol. The molecule has 0 bridgehead atoms. The van der Waals surface area contributed by atoms with E-state index in [-0.39, 0.29) is 17.9 Å². The van der Waals surface area contributed by atoms with E-state index in [1.165, 1.54) is 0 Å². The van der Waals surface area contributed by atoms with Crippen LogP contribution >= 0.6 is 15.9 Å². The highest BCUT2D eigenvalue weighted by atomic mass is 79.9. The van der Waals surface area contributed by atoms with Crippen molar-refractivity contribution in [1.29, 1.82) is 0 Å². The van der Waals surface area contributed by atoms with Crippen molar-refractivity contribution in [1.82, 2.24) is 5.32 Å². The van der Waals surface area contributed by atoms with Crippen LogP contribution in [-0.2, 0) is 9.53 Å². The van der Waals surface area contributed by atoms with Crippen LogP contribution in [-0.4, -0.2) is 31.7 Å². The lowest BCUT2D eigenvalue weighted by molar-refractivity contribution is -0.120. The molecule has 104 valence electrons. The van der Waals surface area contributed by atoms with Gasteiger partial charge < -0.3 is 15.4 Å². The lowest BCUT2D eigenvalue weighted by Crippen LogP contribution is -2.41. The van der Waals surface area contributed by atoms with Gasteiger partial charge in [-0.25, -0.2) is 0 Å². The Hall–Kier alpha value is -0.910. The van der Waals surface area contributed by atoms with E-state index in [1.807, 2.05) is 32.0 Å². The second-order valence-corrected chi connectivity index (χ2v) is 5.53. The number of carbonyl (C=O) groups is 1. The Kier molecular flexibility index (Phi) is 4.96. The average Bonchev–Trinajstić information content (AvgIpc) is 2.84. The summed E-state index contributed by atoms with van der Waals surface area (Å²) in [4.78, 5) is 12.3. The molecule has 1 aliphatic heterocycles. The Morgan fingerprint density at radius 3 is 3.00 bits per heavy atom. The van der Waals surface area contributed by atoms with Crippen molar-refractivity contribution in [3.05, 3.63) is 28.2 Å². The Bertz CT molecular complexity index is 465. The van der Waals surface area contributed by atoms with E-state index < -0.39 is 0 Å². The van der Waals surface area contributed by atoms with Crippen molar-refractivity contribution in [2.45, 2.75) is 19.9 Å². The Balaban J connectivity index is 2.06. The van der Waals surface area contributed by atoms with Crippen molar-refractivity contribution < 1.29 is 9.53 Å². The van der Waals surface area contributed by atoms with Gasteiger partial charge in [-0.3, -0.25) is 4.79 Å². The average molecular weight is 327 g/mol. The maximum atomic E-state index is 12.3. The fourth-order valence-electron chi connectivity index (χ4n) is 2.25. The Morgan fingerprint density at radius 1 is 1.47 bits per heavy atom. The zero-order valence-electron chi connectivity index (χ0n) is 11.2. The van der Waals surface area contributed by atoms with Gasteiger partial charge in [0.1, 0.15) is 0 Å². The number of hydrogen-bond acceptors (Lipinski definition) is 3. The van der Waals surface area contributed by atoms with Gasteiger partial charge in [-0.1, -0.05) is 19.1 Å². The molecule has 1 aliphatic rings. The van der Waals surface area contributed by atoms with Crippen LogP contribution in [0.25, 0.3) is 0 Å². The number of carbonyl (C=O) groups excluding carboxylic acids is 1. The van der Waals surface area contributed by atoms with Gasteiger partial charge in [-0.15, -0.1) is 0 Å². The molecule has 1 aromatic carbocycles. The summed E-state index contributed by atoms with van der Waals surface area (Å²) in [5.41, 5.74) is 1.91. The predicted octanol–water partition coefficient (Wildman–Crippen LogP) is 2.32. The van der Waals surface area contributed by atoms with Crippen molar-refractivity contribution in [3.63, 3.8) is 0 Å². The lowest BCUT2D eigenvalue weighted by Gasteiger charge is -2.18. The molecule has 1 saturated heterocycles. The molecule has 1 heterocycles. The molecule has 0 saturated carbocycles. The molecule has 0 radical (unpaired) electrons. The van der Waals surface area contributed by atoms with Crippen LogP contribution in [0, 0.1) is 12.8 Å². The van der Waals surface area contributed by atoms with Gasteiger partial charge in [0.05, 0.1) is 24.8 Å². The molecule has 2 atom stereocenters. The highest BCUT2D eigenvalue weighted by Crippen LogP contribution is 2.27. The van der Waals surface area contributed by atoms with Crippen LogP contribution < -0.4 is 10.6 Å². The summed E-state index contributed by atoms with van der Waals surface area (Å²) in [6.45, 7) is 5.95. The summed E-state index contributed by atoms with van der Waals surface area (Å²) >= 11 is 3.50. The second kappa shape index (κ2) is 6.50. The molecule has 0 aliphatic carbocycles.